The number of hydrogen-bond acceptors (Lipinski definition) is 3. The molecule has 2 N–H and O–H groups in total. The first-order valence-corrected chi connectivity index (χ1v) is 6.28. The molecule has 0 bridgehead atoms. The highest BCUT2D eigenvalue weighted by molar-refractivity contribution is 5.83. The Labute approximate surface area is 111 Å². The van der Waals surface area contributed by atoms with Gasteiger partial charge >= 0.3 is 12.0 Å². The predicted molar refractivity (Wildman–Crippen MR) is 68.6 cm³/mol. The van der Waals surface area contributed by atoms with Gasteiger partial charge in [-0.05, 0) is 31.9 Å². The van der Waals surface area contributed by atoms with E-state index in [1.807, 2.05) is 25.1 Å². The summed E-state index contributed by atoms with van der Waals surface area (Å²) in [4.78, 5) is 28.6. The minimum absolute atomic E-state index is 0.309. The molecule has 1 aliphatic rings. The number of hydrogen-bond donors (Lipinski definition) is 2. The van der Waals surface area contributed by atoms with Crippen molar-refractivity contribution < 1.29 is 14.7 Å². The summed E-state index contributed by atoms with van der Waals surface area (Å²) < 4.78 is 0. The van der Waals surface area contributed by atoms with Crippen molar-refractivity contribution in [2.24, 2.45) is 0 Å². The van der Waals surface area contributed by atoms with Crippen LogP contribution in [0.4, 0.5) is 4.79 Å². The molecule has 0 aromatic carbocycles. The highest BCUT2D eigenvalue weighted by Crippen LogP contribution is 2.17. The van der Waals surface area contributed by atoms with Crippen LogP contribution in [0.15, 0.2) is 18.2 Å². The fraction of sp³-hybridized carbons (Fsp3) is 0.462. The molecule has 0 saturated carbocycles. The molecule has 2 rings (SSSR count). The highest BCUT2D eigenvalue weighted by atomic mass is 16.4. The van der Waals surface area contributed by atoms with Crippen molar-refractivity contribution in [3.63, 3.8) is 0 Å². The van der Waals surface area contributed by atoms with Gasteiger partial charge in [-0.15, -0.1) is 0 Å². The summed E-state index contributed by atoms with van der Waals surface area (Å²) in [6.45, 7) is 2.68. The second-order valence-electron chi connectivity index (χ2n) is 4.62. The van der Waals surface area contributed by atoms with Crippen molar-refractivity contribution in [2.45, 2.75) is 32.4 Å². The number of nitrogens with zero attached hydrogens (tertiary/aromatic N) is 2. The van der Waals surface area contributed by atoms with Crippen LogP contribution in [-0.4, -0.2) is 39.6 Å². The van der Waals surface area contributed by atoms with Gasteiger partial charge in [-0.25, -0.2) is 9.59 Å². The maximum atomic E-state index is 11.9. The Kier molecular flexibility index (Phi) is 3.99. The van der Waals surface area contributed by atoms with Gasteiger partial charge in [0.05, 0.1) is 12.2 Å². The monoisotopic (exact) mass is 263 g/mol. The molecule has 1 fully saturated rings. The average Bonchev–Trinajstić information content (AvgIpc) is 2.85. The van der Waals surface area contributed by atoms with Crippen LogP contribution >= 0.6 is 0 Å². The van der Waals surface area contributed by atoms with E-state index >= 15 is 0 Å². The largest absolute Gasteiger partial charge is 0.480 e. The van der Waals surface area contributed by atoms with Crippen molar-refractivity contribution in [1.82, 2.24) is 15.2 Å². The number of carboxylic acids is 1. The smallest absolute Gasteiger partial charge is 0.326 e. The van der Waals surface area contributed by atoms with Gasteiger partial charge < -0.3 is 15.3 Å². The van der Waals surface area contributed by atoms with Gasteiger partial charge in [-0.1, -0.05) is 6.07 Å². The Bertz CT molecular complexity index is 490. The topological polar surface area (TPSA) is 82.5 Å². The number of aromatic nitrogens is 1. The number of aliphatic carboxylic acids is 1. The Morgan fingerprint density at radius 2 is 2.32 bits per heavy atom. The van der Waals surface area contributed by atoms with E-state index < -0.39 is 12.0 Å². The first kappa shape index (κ1) is 13.3. The molecular formula is C13H17N3O3. The van der Waals surface area contributed by atoms with Crippen LogP contribution in [0.5, 0.6) is 0 Å². The zero-order valence-corrected chi connectivity index (χ0v) is 10.8. The first-order valence-electron chi connectivity index (χ1n) is 6.28. The highest BCUT2D eigenvalue weighted by Gasteiger charge is 2.33. The third kappa shape index (κ3) is 3.21. The van der Waals surface area contributed by atoms with E-state index in [-0.39, 0.29) is 6.03 Å². The summed E-state index contributed by atoms with van der Waals surface area (Å²) in [5, 5.41) is 11.7. The van der Waals surface area contributed by atoms with Gasteiger partial charge in [-0.2, -0.15) is 0 Å². The fourth-order valence-corrected chi connectivity index (χ4v) is 2.23. The van der Waals surface area contributed by atoms with Crippen LogP contribution in [0.1, 0.15) is 24.2 Å². The molecule has 19 heavy (non-hydrogen) atoms. The van der Waals surface area contributed by atoms with Crippen LogP contribution in [-0.2, 0) is 11.3 Å². The number of carboxylic acid groups (broad SMARTS) is 1. The molecule has 2 heterocycles. The lowest BCUT2D eigenvalue weighted by atomic mass is 10.2. The Balaban J connectivity index is 1.92. The third-order valence-corrected chi connectivity index (χ3v) is 3.17. The summed E-state index contributed by atoms with van der Waals surface area (Å²) in [7, 11) is 0. The van der Waals surface area contributed by atoms with E-state index in [4.69, 9.17) is 5.11 Å². The molecule has 1 atom stereocenters. The summed E-state index contributed by atoms with van der Waals surface area (Å²) in [6, 6.07) is 4.54. The summed E-state index contributed by atoms with van der Waals surface area (Å²) in [5.41, 5.74) is 1.65. The molecule has 6 nitrogen and oxygen atoms in total. The van der Waals surface area contributed by atoms with Gasteiger partial charge in [0.2, 0.25) is 0 Å². The van der Waals surface area contributed by atoms with Gasteiger partial charge in [0.1, 0.15) is 6.04 Å². The van der Waals surface area contributed by atoms with Crippen LogP contribution in [0.2, 0.25) is 0 Å². The second-order valence-corrected chi connectivity index (χ2v) is 4.62. The van der Waals surface area contributed by atoms with Crippen molar-refractivity contribution in [2.75, 3.05) is 6.54 Å². The second kappa shape index (κ2) is 5.69. The lowest BCUT2D eigenvalue weighted by Gasteiger charge is -2.21. The van der Waals surface area contributed by atoms with Crippen molar-refractivity contribution >= 4 is 12.0 Å². The number of likely N-dealkylation sites (tertiary alicyclic amines) is 1. The SMILES string of the molecule is Cc1cccc(CNC(=O)N2CCC[C@H]2C(=O)O)n1. The van der Waals surface area contributed by atoms with Crippen molar-refractivity contribution in [3.05, 3.63) is 29.6 Å². The van der Waals surface area contributed by atoms with Crippen LogP contribution in [0.3, 0.4) is 0 Å². The van der Waals surface area contributed by atoms with E-state index in [1.54, 1.807) is 0 Å². The molecule has 0 unspecified atom stereocenters. The third-order valence-electron chi connectivity index (χ3n) is 3.17. The lowest BCUT2D eigenvalue weighted by molar-refractivity contribution is -0.141. The Morgan fingerprint density at radius 3 is 3.00 bits per heavy atom. The van der Waals surface area contributed by atoms with Gasteiger partial charge in [0, 0.05) is 12.2 Å². The summed E-state index contributed by atoms with van der Waals surface area (Å²) in [6.07, 6.45) is 1.25. The molecule has 1 aliphatic heterocycles. The van der Waals surface area contributed by atoms with E-state index in [2.05, 4.69) is 10.3 Å². The van der Waals surface area contributed by atoms with E-state index in [1.165, 1.54) is 4.90 Å². The first-order chi connectivity index (χ1) is 9.08. The molecule has 6 heteroatoms. The quantitative estimate of drug-likeness (QED) is 0.857. The van der Waals surface area contributed by atoms with Gasteiger partial charge in [0.25, 0.3) is 0 Å². The molecule has 1 aromatic heterocycles. The molecule has 0 spiro atoms. The predicted octanol–water partition coefficient (Wildman–Crippen LogP) is 1.15. The molecule has 1 saturated heterocycles. The number of aryl methyl sites for hydroxylation is 1. The van der Waals surface area contributed by atoms with Crippen LogP contribution in [0, 0.1) is 6.92 Å². The summed E-state index contributed by atoms with van der Waals surface area (Å²) >= 11 is 0. The Morgan fingerprint density at radius 1 is 1.53 bits per heavy atom. The maximum absolute atomic E-state index is 11.9. The summed E-state index contributed by atoms with van der Waals surface area (Å²) in [5.74, 6) is -0.943. The zero-order valence-electron chi connectivity index (χ0n) is 10.8. The molecule has 1 aromatic rings. The number of pyridine rings is 1. The minimum Gasteiger partial charge on any atom is -0.480 e. The molecular weight excluding hydrogens is 246 g/mol. The number of carbonyl (C=O) groups excluding carboxylic acids is 1. The zero-order chi connectivity index (χ0) is 13.8. The molecule has 2 amide bonds. The molecule has 102 valence electrons. The van der Waals surface area contributed by atoms with Crippen LogP contribution in [0.25, 0.3) is 0 Å². The van der Waals surface area contributed by atoms with E-state index in [0.29, 0.717) is 19.5 Å². The molecule has 0 radical (unpaired) electrons. The minimum atomic E-state index is -0.943. The van der Waals surface area contributed by atoms with Crippen LogP contribution < -0.4 is 5.32 Å². The number of urea groups is 1. The average molecular weight is 263 g/mol. The number of amides is 2. The van der Waals surface area contributed by atoms with E-state index in [0.717, 1.165) is 17.8 Å². The number of nitrogens with one attached hydrogen (secondary N) is 1. The number of carbonyl (C=O) groups is 2. The number of rotatable bonds is 3. The maximum Gasteiger partial charge on any atom is 0.326 e. The van der Waals surface area contributed by atoms with Gasteiger partial charge in [0.15, 0.2) is 0 Å². The fourth-order valence-electron chi connectivity index (χ4n) is 2.23. The van der Waals surface area contributed by atoms with Gasteiger partial charge in [-0.3, -0.25) is 4.98 Å². The van der Waals surface area contributed by atoms with Crippen molar-refractivity contribution in [3.8, 4) is 0 Å². The normalized spacial score (nSPS) is 18.4. The van der Waals surface area contributed by atoms with Crippen molar-refractivity contribution in [1.29, 1.82) is 0 Å². The lowest BCUT2D eigenvalue weighted by Crippen LogP contribution is -2.45. The Hall–Kier alpha value is -2.11. The van der Waals surface area contributed by atoms with E-state index in [9.17, 15) is 9.59 Å². The molecule has 0 aliphatic carbocycles. The standard InChI is InChI=1S/C13H17N3O3/c1-9-4-2-5-10(15-9)8-14-13(19)16-7-3-6-11(16)12(17)18/h2,4-5,11H,3,6-8H2,1H3,(H,14,19)(H,17,18)/t11-/m0/s1.